The van der Waals surface area contributed by atoms with Gasteiger partial charge < -0.3 is 20.9 Å². The number of hydrogen-bond acceptors (Lipinski definition) is 3. The average molecular weight is 422 g/mol. The number of anilines is 2. The summed E-state index contributed by atoms with van der Waals surface area (Å²) in [6.45, 7) is 6.97. The molecule has 9 heteroatoms. The molecule has 30 heavy (non-hydrogen) atoms. The van der Waals surface area contributed by atoms with Crippen LogP contribution in [0.5, 0.6) is 0 Å². The Hall–Kier alpha value is -3.07. The van der Waals surface area contributed by atoms with Gasteiger partial charge in [0.15, 0.2) is 0 Å². The van der Waals surface area contributed by atoms with Gasteiger partial charge >= 0.3 is 12.2 Å². The van der Waals surface area contributed by atoms with E-state index in [2.05, 4.69) is 20.9 Å². The number of halogens is 3. The Morgan fingerprint density at radius 1 is 0.967 bits per heavy atom. The molecule has 3 N–H and O–H groups in total. The normalized spacial score (nSPS) is 11.3. The van der Waals surface area contributed by atoms with E-state index in [1.54, 1.807) is 24.3 Å². The molecule has 0 unspecified atom stereocenters. The van der Waals surface area contributed by atoms with Crippen LogP contribution in [-0.4, -0.2) is 43.0 Å². The third-order valence-electron chi connectivity index (χ3n) is 4.48. The predicted octanol–water partition coefficient (Wildman–Crippen LogP) is 4.42. The fourth-order valence-corrected chi connectivity index (χ4v) is 2.81. The van der Waals surface area contributed by atoms with Gasteiger partial charge in [0.05, 0.1) is 16.8 Å². The standard InChI is InChI=1S/C21H25F3N4O2/c1-3-28(4-2)13-12-25-19(29)17-10-5-6-11-18(17)27-20(30)26-16-9-7-8-15(14-16)21(22,23)24/h5-11,14H,3-4,12-13H2,1-2H3,(H,25,29)(H2,26,27,30). The molecule has 0 atom stereocenters. The maximum Gasteiger partial charge on any atom is 0.416 e. The number of carbonyl (C=O) groups is 2. The van der Waals surface area contributed by atoms with Crippen molar-refractivity contribution in [1.29, 1.82) is 0 Å². The van der Waals surface area contributed by atoms with Gasteiger partial charge in [-0.05, 0) is 43.4 Å². The van der Waals surface area contributed by atoms with Crippen LogP contribution in [0.25, 0.3) is 0 Å². The van der Waals surface area contributed by atoms with Crippen LogP contribution in [0, 0.1) is 0 Å². The van der Waals surface area contributed by atoms with Gasteiger partial charge in [0.25, 0.3) is 5.91 Å². The SMILES string of the molecule is CCN(CC)CCNC(=O)c1ccccc1NC(=O)Nc1cccc(C(F)(F)F)c1. The van der Waals surface area contributed by atoms with E-state index in [0.29, 0.717) is 13.1 Å². The van der Waals surface area contributed by atoms with E-state index in [-0.39, 0.29) is 22.8 Å². The lowest BCUT2D eigenvalue weighted by atomic mass is 10.1. The zero-order valence-corrected chi connectivity index (χ0v) is 16.8. The highest BCUT2D eigenvalue weighted by Crippen LogP contribution is 2.30. The summed E-state index contributed by atoms with van der Waals surface area (Å²) < 4.78 is 38.4. The van der Waals surface area contributed by atoms with Gasteiger partial charge in [-0.1, -0.05) is 32.0 Å². The number of benzene rings is 2. The zero-order chi connectivity index (χ0) is 22.1. The van der Waals surface area contributed by atoms with Crippen LogP contribution in [0.2, 0.25) is 0 Å². The second-order valence-corrected chi connectivity index (χ2v) is 6.49. The van der Waals surface area contributed by atoms with Crippen molar-refractivity contribution in [3.63, 3.8) is 0 Å². The van der Waals surface area contributed by atoms with Crippen LogP contribution in [0.15, 0.2) is 48.5 Å². The van der Waals surface area contributed by atoms with E-state index in [1.165, 1.54) is 12.1 Å². The van der Waals surface area contributed by atoms with Crippen LogP contribution in [0.3, 0.4) is 0 Å². The number of amides is 3. The monoisotopic (exact) mass is 422 g/mol. The molecule has 0 aliphatic rings. The predicted molar refractivity (Wildman–Crippen MR) is 111 cm³/mol. The molecule has 6 nitrogen and oxygen atoms in total. The van der Waals surface area contributed by atoms with Crippen molar-refractivity contribution >= 4 is 23.3 Å². The number of carbonyl (C=O) groups excluding carboxylic acids is 2. The highest BCUT2D eigenvalue weighted by Gasteiger charge is 2.30. The molecule has 0 aromatic heterocycles. The van der Waals surface area contributed by atoms with E-state index < -0.39 is 17.8 Å². The Morgan fingerprint density at radius 3 is 2.33 bits per heavy atom. The van der Waals surface area contributed by atoms with Gasteiger partial charge in [-0.3, -0.25) is 4.79 Å². The molecular weight excluding hydrogens is 397 g/mol. The van der Waals surface area contributed by atoms with Gasteiger partial charge in [-0.2, -0.15) is 13.2 Å². The first-order valence-electron chi connectivity index (χ1n) is 9.59. The number of hydrogen-bond donors (Lipinski definition) is 3. The number of urea groups is 1. The first-order valence-corrected chi connectivity index (χ1v) is 9.59. The smallest absolute Gasteiger partial charge is 0.351 e. The molecule has 0 spiro atoms. The Labute approximate surface area is 173 Å². The summed E-state index contributed by atoms with van der Waals surface area (Å²) in [5.41, 5.74) is -0.365. The summed E-state index contributed by atoms with van der Waals surface area (Å²) in [5.74, 6) is -0.350. The van der Waals surface area contributed by atoms with E-state index in [9.17, 15) is 22.8 Å². The van der Waals surface area contributed by atoms with Crippen LogP contribution in [0.4, 0.5) is 29.3 Å². The van der Waals surface area contributed by atoms with E-state index in [1.807, 2.05) is 13.8 Å². The van der Waals surface area contributed by atoms with Gasteiger partial charge in [0.1, 0.15) is 0 Å². The highest BCUT2D eigenvalue weighted by atomic mass is 19.4. The topological polar surface area (TPSA) is 73.5 Å². The number of para-hydroxylation sites is 1. The van der Waals surface area contributed by atoms with Crippen LogP contribution in [-0.2, 0) is 6.18 Å². The summed E-state index contributed by atoms with van der Waals surface area (Å²) in [4.78, 5) is 26.9. The average Bonchev–Trinajstić information content (AvgIpc) is 2.71. The van der Waals surface area contributed by atoms with Gasteiger partial charge in [0.2, 0.25) is 0 Å². The molecule has 0 radical (unpaired) electrons. The molecule has 0 saturated heterocycles. The second kappa shape index (κ2) is 10.6. The zero-order valence-electron chi connectivity index (χ0n) is 16.8. The maximum atomic E-state index is 12.8. The summed E-state index contributed by atoms with van der Waals surface area (Å²) in [6, 6.07) is 9.97. The first kappa shape index (κ1) is 23.2. The summed E-state index contributed by atoms with van der Waals surface area (Å²) >= 11 is 0. The summed E-state index contributed by atoms with van der Waals surface area (Å²) in [5, 5.41) is 7.68. The molecule has 0 aliphatic heterocycles. The van der Waals surface area contributed by atoms with Crippen molar-refractivity contribution in [2.24, 2.45) is 0 Å². The lowest BCUT2D eigenvalue weighted by Gasteiger charge is -2.18. The molecule has 0 heterocycles. The van der Waals surface area contributed by atoms with Crippen LogP contribution in [0.1, 0.15) is 29.8 Å². The molecular formula is C21H25F3N4O2. The summed E-state index contributed by atoms with van der Waals surface area (Å²) in [7, 11) is 0. The van der Waals surface area contributed by atoms with Crippen LogP contribution >= 0.6 is 0 Å². The number of nitrogens with one attached hydrogen (secondary N) is 3. The minimum absolute atomic E-state index is 0.0107. The number of rotatable bonds is 8. The third kappa shape index (κ3) is 6.77. The Balaban J connectivity index is 2.02. The lowest BCUT2D eigenvalue weighted by Crippen LogP contribution is -2.35. The number of nitrogens with zero attached hydrogens (tertiary/aromatic N) is 1. The quantitative estimate of drug-likeness (QED) is 0.590. The van der Waals surface area contributed by atoms with E-state index in [0.717, 1.165) is 25.2 Å². The van der Waals surface area contributed by atoms with Gasteiger partial charge in [-0.25, -0.2) is 4.79 Å². The number of alkyl halides is 3. The molecule has 2 aromatic rings. The fourth-order valence-electron chi connectivity index (χ4n) is 2.81. The molecule has 0 aliphatic carbocycles. The molecule has 2 rings (SSSR count). The van der Waals surface area contributed by atoms with Crippen molar-refractivity contribution in [2.45, 2.75) is 20.0 Å². The molecule has 2 aromatic carbocycles. The van der Waals surface area contributed by atoms with Crippen molar-refractivity contribution in [2.75, 3.05) is 36.8 Å². The van der Waals surface area contributed by atoms with E-state index in [4.69, 9.17) is 0 Å². The Kier molecular flexibility index (Phi) is 8.23. The maximum absolute atomic E-state index is 12.8. The molecule has 0 fully saturated rings. The molecule has 3 amide bonds. The van der Waals surface area contributed by atoms with Crippen LogP contribution < -0.4 is 16.0 Å². The molecule has 0 saturated carbocycles. The van der Waals surface area contributed by atoms with Crippen molar-refractivity contribution < 1.29 is 22.8 Å². The molecule has 0 bridgehead atoms. The number of likely N-dealkylation sites (N-methyl/N-ethyl adjacent to an activating group) is 1. The summed E-state index contributed by atoms with van der Waals surface area (Å²) in [6.07, 6.45) is -4.51. The minimum atomic E-state index is -4.51. The second-order valence-electron chi connectivity index (χ2n) is 6.49. The highest BCUT2D eigenvalue weighted by molar-refractivity contribution is 6.06. The minimum Gasteiger partial charge on any atom is -0.351 e. The Bertz CT molecular complexity index is 867. The van der Waals surface area contributed by atoms with E-state index >= 15 is 0 Å². The molecule has 162 valence electrons. The Morgan fingerprint density at radius 2 is 1.67 bits per heavy atom. The fraction of sp³-hybridized carbons (Fsp3) is 0.333. The van der Waals surface area contributed by atoms with Gasteiger partial charge in [0, 0.05) is 18.8 Å². The van der Waals surface area contributed by atoms with Crippen molar-refractivity contribution in [1.82, 2.24) is 10.2 Å². The van der Waals surface area contributed by atoms with Crippen molar-refractivity contribution in [3.8, 4) is 0 Å². The third-order valence-corrected chi connectivity index (χ3v) is 4.48. The first-order chi connectivity index (χ1) is 14.2. The van der Waals surface area contributed by atoms with Gasteiger partial charge in [-0.15, -0.1) is 0 Å². The van der Waals surface area contributed by atoms with Crippen molar-refractivity contribution in [3.05, 3.63) is 59.7 Å². The lowest BCUT2D eigenvalue weighted by molar-refractivity contribution is -0.137. The largest absolute Gasteiger partial charge is 0.416 e.